The highest BCUT2D eigenvalue weighted by Gasteiger charge is 2.02. The van der Waals surface area contributed by atoms with Crippen LogP contribution in [0.3, 0.4) is 0 Å². The van der Waals surface area contributed by atoms with Gasteiger partial charge < -0.3 is 15.4 Å². The Morgan fingerprint density at radius 3 is 2.44 bits per heavy atom. The molecule has 0 saturated heterocycles. The molecule has 2 N–H and O–H groups in total. The van der Waals surface area contributed by atoms with Gasteiger partial charge in [0.25, 0.3) is 0 Å². The van der Waals surface area contributed by atoms with Crippen molar-refractivity contribution in [2.75, 3.05) is 24.8 Å². The van der Waals surface area contributed by atoms with Crippen LogP contribution in [0.15, 0.2) is 48.5 Å². The maximum atomic E-state index is 5.78. The van der Waals surface area contributed by atoms with E-state index in [-0.39, 0.29) is 0 Å². The van der Waals surface area contributed by atoms with Gasteiger partial charge in [0, 0.05) is 25.0 Å². The second-order valence-corrected chi connectivity index (χ2v) is 4.30. The Labute approximate surface area is 108 Å². The molecule has 94 valence electrons. The van der Waals surface area contributed by atoms with Crippen LogP contribution in [0.4, 0.5) is 11.4 Å². The van der Waals surface area contributed by atoms with Crippen LogP contribution in [0.5, 0.6) is 5.75 Å². The number of nitrogen functional groups attached to an aromatic ring is 1. The quantitative estimate of drug-likeness (QED) is 0.838. The summed E-state index contributed by atoms with van der Waals surface area (Å²) in [7, 11) is 3.73. The second kappa shape index (κ2) is 5.45. The Kier molecular flexibility index (Phi) is 3.72. The molecular formula is C15H18N2O. The third kappa shape index (κ3) is 2.94. The van der Waals surface area contributed by atoms with Gasteiger partial charge >= 0.3 is 0 Å². The number of hydrogen-bond acceptors (Lipinski definition) is 3. The van der Waals surface area contributed by atoms with Crippen molar-refractivity contribution in [1.82, 2.24) is 0 Å². The first-order valence-electron chi connectivity index (χ1n) is 5.88. The van der Waals surface area contributed by atoms with Gasteiger partial charge in [-0.05, 0) is 42.0 Å². The van der Waals surface area contributed by atoms with Crippen LogP contribution >= 0.6 is 0 Å². The van der Waals surface area contributed by atoms with Gasteiger partial charge in [-0.15, -0.1) is 0 Å². The molecule has 2 rings (SSSR count). The van der Waals surface area contributed by atoms with Crippen LogP contribution in [0, 0.1) is 0 Å². The van der Waals surface area contributed by atoms with Crippen LogP contribution in [0.1, 0.15) is 5.56 Å². The molecule has 18 heavy (non-hydrogen) atoms. The molecule has 0 atom stereocenters. The maximum absolute atomic E-state index is 5.78. The van der Waals surface area contributed by atoms with E-state index in [2.05, 4.69) is 18.0 Å². The van der Waals surface area contributed by atoms with Gasteiger partial charge in [0.1, 0.15) is 5.75 Å². The summed E-state index contributed by atoms with van der Waals surface area (Å²) in [6, 6.07) is 16.0. The molecule has 0 aromatic heterocycles. The molecule has 0 aliphatic heterocycles. The minimum absolute atomic E-state index is 0.802. The first kappa shape index (κ1) is 12.3. The fraction of sp³-hybridized carbons (Fsp3) is 0.200. The van der Waals surface area contributed by atoms with Crippen LogP contribution in [-0.2, 0) is 6.54 Å². The minimum atomic E-state index is 0.802. The average Bonchev–Trinajstić information content (AvgIpc) is 2.39. The number of nitrogens with zero attached hydrogens (tertiary/aromatic N) is 1. The summed E-state index contributed by atoms with van der Waals surface area (Å²) < 4.78 is 5.15. The molecule has 0 fully saturated rings. The molecule has 0 aliphatic carbocycles. The number of ether oxygens (including phenoxy) is 1. The lowest BCUT2D eigenvalue weighted by molar-refractivity contribution is 0.415. The summed E-state index contributed by atoms with van der Waals surface area (Å²) in [6.45, 7) is 0.831. The van der Waals surface area contributed by atoms with Crippen LogP contribution in [-0.4, -0.2) is 14.2 Å². The molecule has 0 amide bonds. The third-order valence-corrected chi connectivity index (χ3v) is 2.88. The maximum Gasteiger partial charge on any atom is 0.119 e. The van der Waals surface area contributed by atoms with E-state index in [1.165, 1.54) is 5.56 Å². The minimum Gasteiger partial charge on any atom is -0.497 e. The van der Waals surface area contributed by atoms with Crippen LogP contribution in [0.25, 0.3) is 0 Å². The van der Waals surface area contributed by atoms with Crippen molar-refractivity contribution in [2.45, 2.75) is 6.54 Å². The van der Waals surface area contributed by atoms with Gasteiger partial charge in [0.15, 0.2) is 0 Å². The smallest absolute Gasteiger partial charge is 0.119 e. The standard InChI is InChI=1S/C15H18N2O/c1-17(11-12-4-3-5-13(16)10-12)14-6-8-15(18-2)9-7-14/h3-10H,11,16H2,1-2H3. The fourth-order valence-electron chi connectivity index (χ4n) is 1.89. The summed E-state index contributed by atoms with van der Waals surface area (Å²) in [5.74, 6) is 0.871. The van der Waals surface area contributed by atoms with E-state index in [1.807, 2.05) is 42.5 Å². The van der Waals surface area contributed by atoms with Gasteiger partial charge in [0.2, 0.25) is 0 Å². The van der Waals surface area contributed by atoms with Gasteiger partial charge in [-0.3, -0.25) is 0 Å². The normalized spacial score (nSPS) is 10.1. The van der Waals surface area contributed by atoms with Crippen LogP contribution in [0.2, 0.25) is 0 Å². The first-order chi connectivity index (χ1) is 8.69. The molecule has 0 unspecified atom stereocenters. The lowest BCUT2D eigenvalue weighted by atomic mass is 10.2. The van der Waals surface area contributed by atoms with E-state index in [9.17, 15) is 0 Å². The SMILES string of the molecule is COc1ccc(N(C)Cc2cccc(N)c2)cc1. The summed E-state index contributed by atoms with van der Waals surface area (Å²) >= 11 is 0. The number of rotatable bonds is 4. The van der Waals surface area contributed by atoms with E-state index in [4.69, 9.17) is 10.5 Å². The molecule has 0 radical (unpaired) electrons. The molecule has 0 aliphatic rings. The molecule has 2 aromatic carbocycles. The molecule has 0 bridgehead atoms. The van der Waals surface area contributed by atoms with Crippen molar-refractivity contribution in [3.8, 4) is 5.75 Å². The van der Waals surface area contributed by atoms with Crippen molar-refractivity contribution >= 4 is 11.4 Å². The number of hydrogen-bond donors (Lipinski definition) is 1. The first-order valence-corrected chi connectivity index (χ1v) is 5.88. The monoisotopic (exact) mass is 242 g/mol. The van der Waals surface area contributed by atoms with Crippen molar-refractivity contribution < 1.29 is 4.74 Å². The van der Waals surface area contributed by atoms with Crippen molar-refractivity contribution in [3.05, 3.63) is 54.1 Å². The zero-order valence-corrected chi connectivity index (χ0v) is 10.8. The van der Waals surface area contributed by atoms with E-state index >= 15 is 0 Å². The van der Waals surface area contributed by atoms with Crippen molar-refractivity contribution in [1.29, 1.82) is 0 Å². The second-order valence-electron chi connectivity index (χ2n) is 4.30. The topological polar surface area (TPSA) is 38.5 Å². The van der Waals surface area contributed by atoms with Gasteiger partial charge in [0.05, 0.1) is 7.11 Å². The summed E-state index contributed by atoms with van der Waals surface area (Å²) in [6.07, 6.45) is 0. The predicted octanol–water partition coefficient (Wildman–Crippen LogP) is 2.91. The largest absolute Gasteiger partial charge is 0.497 e. The Balaban J connectivity index is 2.09. The third-order valence-electron chi connectivity index (χ3n) is 2.88. The zero-order chi connectivity index (χ0) is 13.0. The number of benzene rings is 2. The average molecular weight is 242 g/mol. The highest BCUT2D eigenvalue weighted by molar-refractivity contribution is 5.50. The summed E-state index contributed by atoms with van der Waals surface area (Å²) in [4.78, 5) is 2.17. The molecule has 3 heteroatoms. The van der Waals surface area contributed by atoms with Crippen molar-refractivity contribution in [3.63, 3.8) is 0 Å². The fourth-order valence-corrected chi connectivity index (χ4v) is 1.89. The highest BCUT2D eigenvalue weighted by atomic mass is 16.5. The van der Waals surface area contributed by atoms with Crippen molar-refractivity contribution in [2.24, 2.45) is 0 Å². The summed E-state index contributed by atoms with van der Waals surface area (Å²) in [5.41, 5.74) is 8.93. The Morgan fingerprint density at radius 2 is 1.83 bits per heavy atom. The molecule has 2 aromatic rings. The Bertz CT molecular complexity index is 508. The molecular weight excluding hydrogens is 224 g/mol. The Hall–Kier alpha value is -2.16. The Morgan fingerprint density at radius 1 is 1.11 bits per heavy atom. The van der Waals surface area contributed by atoms with Crippen LogP contribution < -0.4 is 15.4 Å². The number of nitrogens with two attached hydrogens (primary N) is 1. The molecule has 0 saturated carbocycles. The zero-order valence-electron chi connectivity index (χ0n) is 10.8. The lowest BCUT2D eigenvalue weighted by Gasteiger charge is -2.19. The van der Waals surface area contributed by atoms with Gasteiger partial charge in [-0.1, -0.05) is 12.1 Å². The van der Waals surface area contributed by atoms with Gasteiger partial charge in [-0.25, -0.2) is 0 Å². The number of anilines is 2. The van der Waals surface area contributed by atoms with E-state index in [1.54, 1.807) is 7.11 Å². The molecule has 0 heterocycles. The molecule has 0 spiro atoms. The van der Waals surface area contributed by atoms with E-state index in [0.29, 0.717) is 0 Å². The van der Waals surface area contributed by atoms with Gasteiger partial charge in [-0.2, -0.15) is 0 Å². The summed E-state index contributed by atoms with van der Waals surface area (Å²) in [5, 5.41) is 0. The number of methoxy groups -OCH3 is 1. The highest BCUT2D eigenvalue weighted by Crippen LogP contribution is 2.20. The predicted molar refractivity (Wildman–Crippen MR) is 76.0 cm³/mol. The van der Waals surface area contributed by atoms with E-state index < -0.39 is 0 Å². The van der Waals surface area contributed by atoms with E-state index in [0.717, 1.165) is 23.7 Å². The molecule has 3 nitrogen and oxygen atoms in total. The lowest BCUT2D eigenvalue weighted by Crippen LogP contribution is -2.16.